The summed E-state index contributed by atoms with van der Waals surface area (Å²) < 4.78 is 6.48. The van der Waals surface area contributed by atoms with E-state index < -0.39 is 0 Å². The number of halogens is 1. The molecule has 0 N–H and O–H groups in total. The predicted octanol–water partition coefficient (Wildman–Crippen LogP) is 2.43. The average molecular weight is 289 g/mol. The molecule has 0 aliphatic heterocycles. The van der Waals surface area contributed by atoms with Gasteiger partial charge in [0.05, 0.1) is 7.11 Å². The Balaban J connectivity index is 2.95. The van der Waals surface area contributed by atoms with E-state index in [4.69, 9.17) is 4.74 Å². The molecule has 0 spiro atoms. The minimum Gasteiger partial charge on any atom is -0.496 e. The van der Waals surface area contributed by atoms with Crippen LogP contribution in [0.25, 0.3) is 0 Å². The van der Waals surface area contributed by atoms with Gasteiger partial charge in [-0.3, -0.25) is 0 Å². The number of aryl methyl sites for hydroxylation is 1. The molecule has 0 atom stereocenters. The van der Waals surface area contributed by atoms with Gasteiger partial charge in [-0.15, -0.1) is 0 Å². The standard InChI is InChI=1S/C9H10IOSi/c1-11-9-3-2-8(10)6-7(9)4-5-12/h2-3,6H,4-5H2,1H3. The maximum absolute atomic E-state index is 5.23. The molecular formula is C9H10IOSi. The van der Waals surface area contributed by atoms with Crippen LogP contribution in [0.15, 0.2) is 18.2 Å². The Hall–Kier alpha value is -0.0331. The first-order valence-corrected chi connectivity index (χ1v) is 5.53. The summed E-state index contributed by atoms with van der Waals surface area (Å²) in [5.74, 6) is 0.980. The quantitative estimate of drug-likeness (QED) is 0.613. The molecule has 0 aliphatic rings. The lowest BCUT2D eigenvalue weighted by molar-refractivity contribution is 0.410. The Labute approximate surface area is 90.1 Å². The highest BCUT2D eigenvalue weighted by molar-refractivity contribution is 14.1. The first kappa shape index (κ1) is 10.1. The molecular weight excluding hydrogens is 279 g/mol. The maximum Gasteiger partial charge on any atom is 0.122 e. The topological polar surface area (TPSA) is 9.23 Å². The summed E-state index contributed by atoms with van der Waals surface area (Å²) in [7, 11) is 5.17. The molecule has 1 aromatic carbocycles. The molecule has 0 saturated heterocycles. The Kier molecular flexibility index (Phi) is 4.07. The van der Waals surface area contributed by atoms with E-state index >= 15 is 0 Å². The van der Waals surface area contributed by atoms with Gasteiger partial charge in [-0.2, -0.15) is 0 Å². The van der Waals surface area contributed by atoms with E-state index in [0.717, 1.165) is 18.2 Å². The lowest BCUT2D eigenvalue weighted by atomic mass is 10.1. The molecule has 3 radical (unpaired) electrons. The second kappa shape index (κ2) is 4.86. The second-order valence-corrected chi connectivity index (χ2v) is 4.20. The molecule has 3 heteroatoms. The molecule has 0 heterocycles. The lowest BCUT2D eigenvalue weighted by Crippen LogP contribution is -1.92. The molecule has 12 heavy (non-hydrogen) atoms. The van der Waals surface area contributed by atoms with E-state index in [2.05, 4.69) is 45.0 Å². The van der Waals surface area contributed by atoms with Crippen LogP contribution in [-0.2, 0) is 6.42 Å². The molecule has 0 unspecified atom stereocenters. The fourth-order valence-electron chi connectivity index (χ4n) is 1.08. The zero-order valence-corrected chi connectivity index (χ0v) is 10.1. The molecule has 1 nitrogen and oxygen atoms in total. The normalized spacial score (nSPS) is 9.92. The molecule has 1 rings (SSSR count). The Morgan fingerprint density at radius 3 is 2.83 bits per heavy atom. The number of benzene rings is 1. The van der Waals surface area contributed by atoms with Crippen molar-refractivity contribution in [1.82, 2.24) is 0 Å². The SMILES string of the molecule is COc1ccc(I)cc1CC[Si]. The third kappa shape index (κ3) is 2.48. The van der Waals surface area contributed by atoms with E-state index in [9.17, 15) is 0 Å². The summed E-state index contributed by atoms with van der Waals surface area (Å²) in [5, 5.41) is 0. The number of rotatable bonds is 3. The number of hydrogen-bond donors (Lipinski definition) is 0. The monoisotopic (exact) mass is 289 g/mol. The second-order valence-electron chi connectivity index (χ2n) is 2.46. The van der Waals surface area contributed by atoms with Crippen LogP contribution in [0.1, 0.15) is 5.56 Å². The zero-order chi connectivity index (χ0) is 8.97. The van der Waals surface area contributed by atoms with E-state index in [0.29, 0.717) is 0 Å². The van der Waals surface area contributed by atoms with Crippen LogP contribution in [0.3, 0.4) is 0 Å². The van der Waals surface area contributed by atoms with Crippen molar-refractivity contribution in [2.24, 2.45) is 0 Å². The van der Waals surface area contributed by atoms with Gasteiger partial charge < -0.3 is 4.74 Å². The van der Waals surface area contributed by atoms with Crippen LogP contribution in [0.5, 0.6) is 5.75 Å². The molecule has 1 aromatic rings. The van der Waals surface area contributed by atoms with Gasteiger partial charge in [-0.1, -0.05) is 6.04 Å². The van der Waals surface area contributed by atoms with Crippen LogP contribution in [-0.4, -0.2) is 17.4 Å². The molecule has 0 saturated carbocycles. The van der Waals surface area contributed by atoms with Crippen molar-refractivity contribution < 1.29 is 4.74 Å². The van der Waals surface area contributed by atoms with Gasteiger partial charge in [-0.05, 0) is 52.8 Å². The van der Waals surface area contributed by atoms with Crippen molar-refractivity contribution >= 4 is 32.8 Å². The Morgan fingerprint density at radius 1 is 1.50 bits per heavy atom. The van der Waals surface area contributed by atoms with Crippen LogP contribution < -0.4 is 4.74 Å². The van der Waals surface area contributed by atoms with Gasteiger partial charge in [0, 0.05) is 13.8 Å². The summed E-state index contributed by atoms with van der Waals surface area (Å²) in [6, 6.07) is 7.19. The summed E-state index contributed by atoms with van der Waals surface area (Å²) in [6.07, 6.45) is 1.01. The first-order valence-electron chi connectivity index (χ1n) is 3.75. The predicted molar refractivity (Wildman–Crippen MR) is 60.0 cm³/mol. The Bertz CT molecular complexity index is 263. The summed E-state index contributed by atoms with van der Waals surface area (Å²) in [4.78, 5) is 0. The molecule has 0 aromatic heterocycles. The average Bonchev–Trinajstić information content (AvgIpc) is 2.05. The largest absolute Gasteiger partial charge is 0.496 e. The van der Waals surface area contributed by atoms with E-state index in [-0.39, 0.29) is 0 Å². The van der Waals surface area contributed by atoms with Gasteiger partial charge >= 0.3 is 0 Å². The third-order valence-electron chi connectivity index (χ3n) is 1.64. The van der Waals surface area contributed by atoms with Crippen molar-refractivity contribution in [2.75, 3.05) is 7.11 Å². The third-order valence-corrected chi connectivity index (χ3v) is 2.56. The van der Waals surface area contributed by atoms with Gasteiger partial charge in [0.25, 0.3) is 0 Å². The molecule has 0 bridgehead atoms. The number of methoxy groups -OCH3 is 1. The van der Waals surface area contributed by atoms with Gasteiger partial charge in [0.2, 0.25) is 0 Å². The van der Waals surface area contributed by atoms with Gasteiger partial charge in [0.1, 0.15) is 5.75 Å². The number of ether oxygens (including phenoxy) is 1. The summed E-state index contributed by atoms with van der Waals surface area (Å²) >= 11 is 2.31. The summed E-state index contributed by atoms with van der Waals surface area (Å²) in [5.41, 5.74) is 1.26. The van der Waals surface area contributed by atoms with Crippen molar-refractivity contribution in [3.05, 3.63) is 27.3 Å². The Morgan fingerprint density at radius 2 is 2.25 bits per heavy atom. The van der Waals surface area contributed by atoms with Crippen LogP contribution in [0.4, 0.5) is 0 Å². The van der Waals surface area contributed by atoms with Crippen molar-refractivity contribution in [2.45, 2.75) is 12.5 Å². The van der Waals surface area contributed by atoms with Gasteiger partial charge in [-0.25, -0.2) is 0 Å². The molecule has 0 fully saturated rings. The highest BCUT2D eigenvalue weighted by atomic mass is 127. The number of hydrogen-bond acceptors (Lipinski definition) is 1. The van der Waals surface area contributed by atoms with E-state index in [1.165, 1.54) is 9.13 Å². The lowest BCUT2D eigenvalue weighted by Gasteiger charge is -2.07. The van der Waals surface area contributed by atoms with Crippen molar-refractivity contribution in [3.63, 3.8) is 0 Å². The van der Waals surface area contributed by atoms with Crippen molar-refractivity contribution in [3.8, 4) is 5.75 Å². The van der Waals surface area contributed by atoms with Gasteiger partial charge in [0.15, 0.2) is 0 Å². The molecule has 0 amide bonds. The maximum atomic E-state index is 5.23. The molecule has 63 valence electrons. The van der Waals surface area contributed by atoms with E-state index in [1.807, 2.05) is 6.07 Å². The smallest absolute Gasteiger partial charge is 0.122 e. The minimum atomic E-state index is 0.969. The highest BCUT2D eigenvalue weighted by Gasteiger charge is 2.01. The molecule has 0 aliphatic carbocycles. The highest BCUT2D eigenvalue weighted by Crippen LogP contribution is 2.21. The minimum absolute atomic E-state index is 0.969. The summed E-state index contributed by atoms with van der Waals surface area (Å²) in [6.45, 7) is 0. The first-order chi connectivity index (χ1) is 5.77. The zero-order valence-electron chi connectivity index (χ0n) is 6.93. The van der Waals surface area contributed by atoms with Crippen LogP contribution >= 0.6 is 22.6 Å². The fraction of sp³-hybridized carbons (Fsp3) is 0.333. The fourth-order valence-corrected chi connectivity index (χ4v) is 1.90. The van der Waals surface area contributed by atoms with Crippen LogP contribution in [0.2, 0.25) is 6.04 Å². The van der Waals surface area contributed by atoms with Crippen LogP contribution in [0, 0.1) is 3.57 Å². The van der Waals surface area contributed by atoms with E-state index in [1.54, 1.807) is 7.11 Å². The van der Waals surface area contributed by atoms with Crippen molar-refractivity contribution in [1.29, 1.82) is 0 Å².